The molecule has 0 aromatic rings. The van der Waals surface area contributed by atoms with Crippen LogP contribution in [0.3, 0.4) is 0 Å². The van der Waals surface area contributed by atoms with Crippen LogP contribution in [0.2, 0.25) is 0 Å². The SMILES string of the molecule is S/C=C1/C=CC/C(=C\S)C1. The molecule has 0 saturated heterocycles. The van der Waals surface area contributed by atoms with Crippen molar-refractivity contribution in [3.05, 3.63) is 34.1 Å². The first-order chi connectivity index (χ1) is 4.86. The van der Waals surface area contributed by atoms with Crippen LogP contribution in [0.5, 0.6) is 0 Å². The molecule has 54 valence electrons. The molecule has 0 amide bonds. The van der Waals surface area contributed by atoms with Crippen molar-refractivity contribution in [1.29, 1.82) is 0 Å². The highest BCUT2D eigenvalue weighted by Gasteiger charge is 2.02. The van der Waals surface area contributed by atoms with E-state index in [-0.39, 0.29) is 0 Å². The topological polar surface area (TPSA) is 0 Å². The van der Waals surface area contributed by atoms with E-state index in [0.717, 1.165) is 12.8 Å². The highest BCUT2D eigenvalue weighted by molar-refractivity contribution is 7.83. The number of hydrogen-bond acceptors (Lipinski definition) is 2. The first-order valence-electron chi connectivity index (χ1n) is 3.18. The van der Waals surface area contributed by atoms with E-state index in [1.165, 1.54) is 11.1 Å². The minimum absolute atomic E-state index is 1.00. The van der Waals surface area contributed by atoms with Crippen molar-refractivity contribution in [2.24, 2.45) is 0 Å². The number of rotatable bonds is 0. The molecule has 0 radical (unpaired) electrons. The highest BCUT2D eigenvalue weighted by atomic mass is 32.1. The molecule has 1 rings (SSSR count). The molecule has 0 heterocycles. The molecule has 0 fully saturated rings. The van der Waals surface area contributed by atoms with Crippen LogP contribution in [0.15, 0.2) is 34.1 Å². The predicted molar refractivity (Wildman–Crippen MR) is 52.5 cm³/mol. The third-order valence-electron chi connectivity index (χ3n) is 1.49. The molecule has 1 aliphatic carbocycles. The van der Waals surface area contributed by atoms with E-state index >= 15 is 0 Å². The molecule has 2 heteroatoms. The molecule has 0 aromatic heterocycles. The van der Waals surface area contributed by atoms with E-state index in [9.17, 15) is 0 Å². The van der Waals surface area contributed by atoms with Crippen LogP contribution in [0, 0.1) is 0 Å². The first kappa shape index (κ1) is 8.02. The summed E-state index contributed by atoms with van der Waals surface area (Å²) in [6.45, 7) is 0. The Morgan fingerprint density at radius 3 is 2.70 bits per heavy atom. The molecule has 0 atom stereocenters. The molecule has 10 heavy (non-hydrogen) atoms. The number of hydrogen-bond donors (Lipinski definition) is 2. The number of thiol groups is 2. The standard InChI is InChI=1S/C8H10S2/c9-5-7-2-1-3-8(4-7)6-10/h1-2,5-6,9-10H,3-4H2/b7-5-,8-6+. The summed E-state index contributed by atoms with van der Waals surface area (Å²) in [5.41, 5.74) is 2.61. The van der Waals surface area contributed by atoms with Gasteiger partial charge in [0.05, 0.1) is 0 Å². The second-order valence-corrected chi connectivity index (χ2v) is 2.79. The molecule has 0 aliphatic heterocycles. The second-order valence-electron chi connectivity index (χ2n) is 2.27. The summed E-state index contributed by atoms with van der Waals surface area (Å²) in [7, 11) is 0. The van der Waals surface area contributed by atoms with Crippen molar-refractivity contribution in [2.45, 2.75) is 12.8 Å². The maximum absolute atomic E-state index is 4.09. The minimum Gasteiger partial charge on any atom is -0.151 e. The monoisotopic (exact) mass is 170 g/mol. The lowest BCUT2D eigenvalue weighted by atomic mass is 9.99. The Bertz CT molecular complexity index is 199. The van der Waals surface area contributed by atoms with Crippen molar-refractivity contribution in [1.82, 2.24) is 0 Å². The van der Waals surface area contributed by atoms with E-state index in [0.29, 0.717) is 0 Å². The average molecular weight is 170 g/mol. The van der Waals surface area contributed by atoms with Crippen molar-refractivity contribution in [3.8, 4) is 0 Å². The third-order valence-corrected chi connectivity index (χ3v) is 2.19. The van der Waals surface area contributed by atoms with Gasteiger partial charge in [0, 0.05) is 0 Å². The van der Waals surface area contributed by atoms with Gasteiger partial charge in [-0.05, 0) is 29.2 Å². The average Bonchev–Trinajstić information content (AvgIpc) is 2.05. The van der Waals surface area contributed by atoms with Crippen molar-refractivity contribution < 1.29 is 0 Å². The zero-order chi connectivity index (χ0) is 7.40. The van der Waals surface area contributed by atoms with Gasteiger partial charge < -0.3 is 0 Å². The van der Waals surface area contributed by atoms with Crippen molar-refractivity contribution in [2.75, 3.05) is 0 Å². The quantitative estimate of drug-likeness (QED) is 0.513. The molecular weight excluding hydrogens is 160 g/mol. The Morgan fingerprint density at radius 1 is 1.30 bits per heavy atom. The van der Waals surface area contributed by atoms with E-state index < -0.39 is 0 Å². The van der Waals surface area contributed by atoms with Gasteiger partial charge in [0.15, 0.2) is 0 Å². The van der Waals surface area contributed by atoms with E-state index in [4.69, 9.17) is 0 Å². The lowest BCUT2D eigenvalue weighted by Crippen LogP contribution is -1.89. The van der Waals surface area contributed by atoms with Crippen molar-refractivity contribution >= 4 is 25.3 Å². The summed E-state index contributed by atoms with van der Waals surface area (Å²) < 4.78 is 0. The summed E-state index contributed by atoms with van der Waals surface area (Å²) in [5, 5.41) is 3.72. The summed E-state index contributed by atoms with van der Waals surface area (Å²) in [4.78, 5) is 0. The summed E-state index contributed by atoms with van der Waals surface area (Å²) in [6.07, 6.45) is 6.28. The maximum atomic E-state index is 4.09. The largest absolute Gasteiger partial charge is 0.151 e. The molecule has 0 saturated carbocycles. The molecule has 0 aromatic carbocycles. The lowest BCUT2D eigenvalue weighted by molar-refractivity contribution is 1.04. The fourth-order valence-corrected chi connectivity index (χ4v) is 1.32. The normalized spacial score (nSPS) is 26.2. The summed E-state index contributed by atoms with van der Waals surface area (Å²) in [5.74, 6) is 0. The molecule has 0 N–H and O–H groups in total. The van der Waals surface area contributed by atoms with Crippen LogP contribution in [-0.2, 0) is 0 Å². The molecule has 0 spiro atoms. The van der Waals surface area contributed by atoms with Crippen LogP contribution in [0.25, 0.3) is 0 Å². The van der Waals surface area contributed by atoms with E-state index in [1.54, 1.807) is 0 Å². The Labute approximate surface area is 72.5 Å². The summed E-state index contributed by atoms with van der Waals surface area (Å²) in [6, 6.07) is 0. The lowest BCUT2D eigenvalue weighted by Gasteiger charge is -2.09. The van der Waals surface area contributed by atoms with Crippen molar-refractivity contribution in [3.63, 3.8) is 0 Å². The fraction of sp³-hybridized carbons (Fsp3) is 0.250. The van der Waals surface area contributed by atoms with Gasteiger partial charge in [-0.15, -0.1) is 0 Å². The third kappa shape index (κ3) is 1.96. The maximum Gasteiger partial charge on any atom is -0.00510 e. The molecule has 1 aliphatic rings. The van der Waals surface area contributed by atoms with Crippen LogP contribution in [0.4, 0.5) is 0 Å². The molecular formula is C8H10S2. The highest BCUT2D eigenvalue weighted by Crippen LogP contribution is 2.22. The second kappa shape index (κ2) is 3.94. The Kier molecular flexibility index (Phi) is 3.16. The Balaban J connectivity index is 2.72. The van der Waals surface area contributed by atoms with Crippen LogP contribution < -0.4 is 0 Å². The Hall–Kier alpha value is -0.0800. The van der Waals surface area contributed by atoms with Gasteiger partial charge in [0.25, 0.3) is 0 Å². The first-order valence-corrected chi connectivity index (χ1v) is 4.22. The van der Waals surface area contributed by atoms with Crippen LogP contribution in [0.1, 0.15) is 12.8 Å². The smallest absolute Gasteiger partial charge is 0.00510 e. The fourth-order valence-electron chi connectivity index (χ4n) is 0.942. The van der Waals surface area contributed by atoms with Gasteiger partial charge in [-0.25, -0.2) is 0 Å². The van der Waals surface area contributed by atoms with Crippen LogP contribution >= 0.6 is 25.3 Å². The van der Waals surface area contributed by atoms with Gasteiger partial charge in [-0.3, -0.25) is 0 Å². The Morgan fingerprint density at radius 2 is 2.10 bits per heavy atom. The van der Waals surface area contributed by atoms with Gasteiger partial charge in [0.1, 0.15) is 0 Å². The number of allylic oxidation sites excluding steroid dienone is 4. The van der Waals surface area contributed by atoms with E-state index in [2.05, 4.69) is 37.4 Å². The van der Waals surface area contributed by atoms with E-state index in [1.807, 2.05) is 10.8 Å². The zero-order valence-electron chi connectivity index (χ0n) is 5.62. The molecule has 0 bridgehead atoms. The zero-order valence-corrected chi connectivity index (χ0v) is 7.41. The van der Waals surface area contributed by atoms with Gasteiger partial charge >= 0.3 is 0 Å². The molecule has 0 nitrogen and oxygen atoms in total. The molecule has 0 unspecified atom stereocenters. The minimum atomic E-state index is 1.00. The van der Waals surface area contributed by atoms with Gasteiger partial charge in [-0.1, -0.05) is 17.7 Å². The van der Waals surface area contributed by atoms with Gasteiger partial charge in [0.2, 0.25) is 0 Å². The summed E-state index contributed by atoms with van der Waals surface area (Å²) >= 11 is 8.17. The predicted octanol–water partition coefficient (Wildman–Crippen LogP) is 2.96. The van der Waals surface area contributed by atoms with Crippen LogP contribution in [-0.4, -0.2) is 0 Å². The van der Waals surface area contributed by atoms with Gasteiger partial charge in [-0.2, -0.15) is 25.3 Å².